The smallest absolute Gasteiger partial charge is 0.0656 e. The van der Waals surface area contributed by atoms with Gasteiger partial charge in [-0.3, -0.25) is 0 Å². The molecule has 0 amide bonds. The first kappa shape index (κ1) is 17.9. The van der Waals surface area contributed by atoms with E-state index in [1.54, 1.807) is 0 Å². The van der Waals surface area contributed by atoms with Gasteiger partial charge < -0.3 is 15.0 Å². The summed E-state index contributed by atoms with van der Waals surface area (Å²) in [6.45, 7) is 19.1. The zero-order valence-electron chi connectivity index (χ0n) is 14.5. The molecule has 0 saturated heterocycles. The van der Waals surface area contributed by atoms with Crippen LogP contribution in [0.2, 0.25) is 0 Å². The maximum Gasteiger partial charge on any atom is 0.0656 e. The number of nitrogens with zero attached hydrogens (tertiary/aromatic N) is 1. The quantitative estimate of drug-likeness (QED) is 0.624. The predicted octanol–water partition coefficient (Wildman–Crippen LogP) is 3.15. The van der Waals surface area contributed by atoms with Crippen LogP contribution in [0.25, 0.3) is 0 Å². The summed E-state index contributed by atoms with van der Waals surface area (Å²) < 4.78 is 6.02. The average molecular weight is 284 g/mol. The molecule has 3 heteroatoms. The second kappa shape index (κ2) is 8.35. The van der Waals surface area contributed by atoms with Gasteiger partial charge in [-0.05, 0) is 44.9 Å². The van der Waals surface area contributed by atoms with Crippen molar-refractivity contribution >= 4 is 0 Å². The van der Waals surface area contributed by atoms with Gasteiger partial charge in [0.15, 0.2) is 0 Å². The van der Waals surface area contributed by atoms with Crippen molar-refractivity contribution in [2.45, 2.75) is 66.5 Å². The molecule has 120 valence electrons. The molecule has 0 aliphatic heterocycles. The van der Waals surface area contributed by atoms with Gasteiger partial charge in [0.1, 0.15) is 0 Å². The van der Waals surface area contributed by atoms with Gasteiger partial charge in [0.25, 0.3) is 0 Å². The van der Waals surface area contributed by atoms with E-state index in [4.69, 9.17) is 4.74 Å². The molecule has 1 saturated carbocycles. The Balaban J connectivity index is 2.17. The SMILES string of the molecule is CCN(CC)CCCNC1CC(OCC(C)C)C1(C)C. The van der Waals surface area contributed by atoms with E-state index in [0.717, 1.165) is 26.2 Å². The van der Waals surface area contributed by atoms with Gasteiger partial charge in [0.2, 0.25) is 0 Å². The summed E-state index contributed by atoms with van der Waals surface area (Å²) >= 11 is 0. The van der Waals surface area contributed by atoms with Gasteiger partial charge in [-0.1, -0.05) is 41.5 Å². The highest BCUT2D eigenvalue weighted by Crippen LogP contribution is 2.42. The maximum absolute atomic E-state index is 6.02. The lowest BCUT2D eigenvalue weighted by Crippen LogP contribution is -2.61. The molecule has 20 heavy (non-hydrogen) atoms. The predicted molar refractivity (Wildman–Crippen MR) is 87.2 cm³/mol. The summed E-state index contributed by atoms with van der Waals surface area (Å²) in [5.74, 6) is 0.631. The van der Waals surface area contributed by atoms with Crippen molar-refractivity contribution in [1.82, 2.24) is 10.2 Å². The molecule has 0 radical (unpaired) electrons. The minimum atomic E-state index is 0.282. The van der Waals surface area contributed by atoms with Gasteiger partial charge >= 0.3 is 0 Å². The molecule has 2 atom stereocenters. The first-order valence-corrected chi connectivity index (χ1v) is 8.49. The lowest BCUT2D eigenvalue weighted by Gasteiger charge is -2.52. The number of rotatable bonds is 10. The van der Waals surface area contributed by atoms with Crippen LogP contribution in [0.5, 0.6) is 0 Å². The minimum absolute atomic E-state index is 0.282. The molecular formula is C17H36N2O. The minimum Gasteiger partial charge on any atom is -0.377 e. The van der Waals surface area contributed by atoms with Gasteiger partial charge in [-0.2, -0.15) is 0 Å². The molecule has 1 aliphatic rings. The van der Waals surface area contributed by atoms with Crippen molar-refractivity contribution in [1.29, 1.82) is 0 Å². The van der Waals surface area contributed by atoms with Crippen molar-refractivity contribution in [2.75, 3.05) is 32.8 Å². The largest absolute Gasteiger partial charge is 0.377 e. The Hall–Kier alpha value is -0.120. The number of hydrogen-bond acceptors (Lipinski definition) is 3. The van der Waals surface area contributed by atoms with Gasteiger partial charge in [-0.25, -0.2) is 0 Å². The first-order valence-electron chi connectivity index (χ1n) is 8.49. The molecule has 0 bridgehead atoms. The molecule has 2 unspecified atom stereocenters. The van der Waals surface area contributed by atoms with Crippen molar-refractivity contribution < 1.29 is 4.74 Å². The molecule has 0 aromatic carbocycles. The fraction of sp³-hybridized carbons (Fsp3) is 1.00. The highest BCUT2D eigenvalue weighted by atomic mass is 16.5. The van der Waals surface area contributed by atoms with Crippen molar-refractivity contribution in [3.8, 4) is 0 Å². The zero-order chi connectivity index (χ0) is 15.2. The summed E-state index contributed by atoms with van der Waals surface area (Å²) in [7, 11) is 0. The second-order valence-corrected chi connectivity index (χ2v) is 7.16. The lowest BCUT2D eigenvalue weighted by atomic mass is 9.64. The monoisotopic (exact) mass is 284 g/mol. The van der Waals surface area contributed by atoms with Crippen LogP contribution in [0, 0.1) is 11.3 Å². The number of ether oxygens (including phenoxy) is 1. The fourth-order valence-electron chi connectivity index (χ4n) is 2.94. The molecule has 0 aromatic heterocycles. The molecule has 1 aliphatic carbocycles. The van der Waals surface area contributed by atoms with Crippen LogP contribution in [0.4, 0.5) is 0 Å². The first-order chi connectivity index (χ1) is 9.41. The Labute approximate surface area is 126 Å². The normalized spacial score (nSPS) is 25.2. The van der Waals surface area contributed by atoms with E-state index in [0.29, 0.717) is 18.1 Å². The molecule has 0 aromatic rings. The summed E-state index contributed by atoms with van der Waals surface area (Å²) in [5, 5.41) is 3.72. The number of nitrogens with one attached hydrogen (secondary N) is 1. The Bertz CT molecular complexity index is 262. The third kappa shape index (κ3) is 5.01. The van der Waals surface area contributed by atoms with Crippen LogP contribution in [0.1, 0.15) is 54.4 Å². The average Bonchev–Trinajstić information content (AvgIpc) is 2.40. The summed E-state index contributed by atoms with van der Waals surface area (Å²) in [6, 6.07) is 0.622. The Morgan fingerprint density at radius 2 is 1.90 bits per heavy atom. The Morgan fingerprint density at radius 1 is 1.25 bits per heavy atom. The maximum atomic E-state index is 6.02. The Morgan fingerprint density at radius 3 is 2.40 bits per heavy atom. The summed E-state index contributed by atoms with van der Waals surface area (Å²) in [5.41, 5.74) is 0.282. The van der Waals surface area contributed by atoms with E-state index in [2.05, 4.69) is 51.8 Å². The molecule has 3 nitrogen and oxygen atoms in total. The number of hydrogen-bond donors (Lipinski definition) is 1. The van der Waals surface area contributed by atoms with Crippen molar-refractivity contribution in [3.63, 3.8) is 0 Å². The van der Waals surface area contributed by atoms with Gasteiger partial charge in [0, 0.05) is 18.1 Å². The zero-order valence-corrected chi connectivity index (χ0v) is 14.5. The van der Waals surface area contributed by atoms with Crippen LogP contribution >= 0.6 is 0 Å². The van der Waals surface area contributed by atoms with Crippen LogP contribution in [-0.4, -0.2) is 49.8 Å². The third-order valence-electron chi connectivity index (χ3n) is 4.74. The summed E-state index contributed by atoms with van der Waals surface area (Å²) in [4.78, 5) is 2.49. The molecular weight excluding hydrogens is 248 g/mol. The highest BCUT2D eigenvalue weighted by Gasteiger charge is 2.48. The van der Waals surface area contributed by atoms with Crippen LogP contribution in [-0.2, 0) is 4.74 Å². The van der Waals surface area contributed by atoms with Crippen molar-refractivity contribution in [2.24, 2.45) is 11.3 Å². The topological polar surface area (TPSA) is 24.5 Å². The highest BCUT2D eigenvalue weighted by molar-refractivity contribution is 5.02. The Kier molecular flexibility index (Phi) is 7.49. The molecule has 0 heterocycles. The van der Waals surface area contributed by atoms with E-state index in [1.807, 2.05) is 0 Å². The van der Waals surface area contributed by atoms with Gasteiger partial charge in [0.05, 0.1) is 6.10 Å². The standard InChI is InChI=1S/C17H36N2O/c1-7-19(8-2)11-9-10-18-15-12-16(17(15,5)6)20-13-14(3)4/h14-16,18H,7-13H2,1-6H3. The molecule has 1 N–H and O–H groups in total. The fourth-order valence-corrected chi connectivity index (χ4v) is 2.94. The van der Waals surface area contributed by atoms with Crippen LogP contribution in [0.15, 0.2) is 0 Å². The van der Waals surface area contributed by atoms with E-state index < -0.39 is 0 Å². The van der Waals surface area contributed by atoms with E-state index in [1.165, 1.54) is 19.4 Å². The summed E-state index contributed by atoms with van der Waals surface area (Å²) in [6.07, 6.45) is 2.85. The van der Waals surface area contributed by atoms with Crippen LogP contribution < -0.4 is 5.32 Å². The molecule has 0 spiro atoms. The molecule has 1 fully saturated rings. The molecule has 1 rings (SSSR count). The van der Waals surface area contributed by atoms with Crippen molar-refractivity contribution in [3.05, 3.63) is 0 Å². The third-order valence-corrected chi connectivity index (χ3v) is 4.74. The lowest BCUT2D eigenvalue weighted by molar-refractivity contribution is -0.123. The van der Waals surface area contributed by atoms with E-state index in [9.17, 15) is 0 Å². The van der Waals surface area contributed by atoms with Crippen LogP contribution in [0.3, 0.4) is 0 Å². The van der Waals surface area contributed by atoms with Gasteiger partial charge in [-0.15, -0.1) is 0 Å². The van der Waals surface area contributed by atoms with E-state index in [-0.39, 0.29) is 5.41 Å². The second-order valence-electron chi connectivity index (χ2n) is 7.16. The van der Waals surface area contributed by atoms with E-state index >= 15 is 0 Å².